The van der Waals surface area contributed by atoms with Crippen molar-refractivity contribution in [2.24, 2.45) is 0 Å². The molecule has 0 fully saturated rings. The summed E-state index contributed by atoms with van der Waals surface area (Å²) in [7, 11) is 37.7. The summed E-state index contributed by atoms with van der Waals surface area (Å²) in [5, 5.41) is 14.3. The van der Waals surface area contributed by atoms with Gasteiger partial charge in [0.15, 0.2) is 0 Å². The third-order valence-electron chi connectivity index (χ3n) is 4.63. The Hall–Kier alpha value is -5.13. The molecule has 0 saturated heterocycles. The van der Waals surface area contributed by atoms with Gasteiger partial charge in [-0.2, -0.15) is 11.8 Å². The van der Waals surface area contributed by atoms with E-state index in [1.54, 1.807) is 123 Å². The molecule has 6 N–H and O–H groups in total. The zero-order valence-electron chi connectivity index (χ0n) is 48.6. The monoisotopic (exact) mass is 1290 g/mol. The van der Waals surface area contributed by atoms with Crippen molar-refractivity contribution < 1.29 is 71.6 Å². The first-order valence-electron chi connectivity index (χ1n) is 19.7. The van der Waals surface area contributed by atoms with Gasteiger partial charge in [0.2, 0.25) is 11.8 Å². The summed E-state index contributed by atoms with van der Waals surface area (Å²) in [6.45, 7) is 5.78. The number of nitrogens with one attached hydrogen (secondary N) is 6. The van der Waals surface area contributed by atoms with Crippen molar-refractivity contribution in [2.45, 2.75) is 124 Å². The Morgan fingerprint density at radius 2 is 0.446 bits per heavy atom. The SMILES string of the molecule is C.C.C.C.C.C.C.C.C.C.C.C.C.CC(=O)N(C)C.CC(=O)N(C)C.CN(C)C.CNC(=O)N(C)C.CNC(=O)N(C)C.CNC(=O)OC.CNC(=O)OC.CNC(=O)SC.CNC(=O)SC.COC.COC(C)=O.COC(C)=O.CSC. The number of methoxy groups -OCH3 is 5. The zero-order valence-corrected chi connectivity index (χ0v) is 51.0. The Bertz CT molecular complexity index is 1070. The number of thioether (sulfide) groups is 3. The van der Waals surface area contributed by atoms with Crippen molar-refractivity contribution in [3.8, 4) is 0 Å². The van der Waals surface area contributed by atoms with Crippen LogP contribution in [0.2, 0.25) is 0 Å². The van der Waals surface area contributed by atoms with Gasteiger partial charge in [-0.1, -0.05) is 120 Å². The van der Waals surface area contributed by atoms with Gasteiger partial charge in [-0.05, 0) is 46.2 Å². The molecule has 0 saturated carbocycles. The molecular formula is C54H151N11O15S3. The van der Waals surface area contributed by atoms with Crippen LogP contribution in [0.3, 0.4) is 0 Å². The van der Waals surface area contributed by atoms with Gasteiger partial charge in [-0.3, -0.25) is 28.8 Å². The second-order valence-electron chi connectivity index (χ2n) is 12.2. The fourth-order valence-electron chi connectivity index (χ4n) is 0.855. The Morgan fingerprint density at radius 1 is 0.313 bits per heavy atom. The van der Waals surface area contributed by atoms with Crippen LogP contribution in [0.5, 0.6) is 0 Å². The van der Waals surface area contributed by atoms with Crippen molar-refractivity contribution in [1.29, 1.82) is 0 Å². The van der Waals surface area contributed by atoms with Crippen molar-refractivity contribution in [2.75, 3.05) is 187 Å². The number of hydrogen-bond donors (Lipinski definition) is 6. The third kappa shape index (κ3) is 354. The molecule has 0 heterocycles. The molecule has 83 heavy (non-hydrogen) atoms. The minimum absolute atomic E-state index is 0. The number of hydrogen-bond acceptors (Lipinski definition) is 19. The van der Waals surface area contributed by atoms with E-state index in [1.165, 1.54) is 113 Å². The van der Waals surface area contributed by atoms with E-state index in [9.17, 15) is 47.9 Å². The molecule has 0 aromatic rings. The lowest BCUT2D eigenvalue weighted by Gasteiger charge is -2.06. The van der Waals surface area contributed by atoms with E-state index in [4.69, 9.17) is 0 Å². The summed E-state index contributed by atoms with van der Waals surface area (Å²) < 4.78 is 20.8. The van der Waals surface area contributed by atoms with Gasteiger partial charge in [0.1, 0.15) is 0 Å². The molecule has 0 aliphatic heterocycles. The Morgan fingerprint density at radius 3 is 0.446 bits per heavy atom. The minimum atomic E-state index is -0.407. The number of rotatable bonds is 0. The van der Waals surface area contributed by atoms with Crippen molar-refractivity contribution in [3.05, 3.63) is 0 Å². The number of amides is 10. The first-order valence-corrected chi connectivity index (χ1v) is 23.7. The predicted octanol–water partition coefficient (Wildman–Crippen LogP) is 11.3. The number of carbonyl (C=O) groups is 10. The van der Waals surface area contributed by atoms with Crippen LogP contribution in [0.25, 0.3) is 0 Å². The van der Waals surface area contributed by atoms with Crippen molar-refractivity contribution in [3.63, 3.8) is 0 Å². The fourth-order valence-corrected chi connectivity index (χ4v) is 1.26. The molecule has 0 aromatic carbocycles. The van der Waals surface area contributed by atoms with Crippen molar-refractivity contribution >= 4 is 93.8 Å². The minimum Gasteiger partial charge on any atom is -0.469 e. The topological polar surface area (TPSA) is 305 Å². The van der Waals surface area contributed by atoms with Crippen LogP contribution in [0.4, 0.5) is 28.8 Å². The maximum Gasteiger partial charge on any atom is 0.406 e. The molecule has 0 bridgehead atoms. The van der Waals surface area contributed by atoms with E-state index in [1.807, 2.05) is 38.6 Å². The fraction of sp³-hybridized carbons (Fsp3) is 0.815. The Kier molecular flexibility index (Phi) is 314. The van der Waals surface area contributed by atoms with Crippen molar-refractivity contribution in [1.82, 2.24) is 56.4 Å². The molecule has 0 radical (unpaired) electrons. The lowest BCUT2D eigenvalue weighted by atomic mass is 10.7. The number of alkyl carbamates (subject to hydrolysis) is 2. The molecule has 0 unspecified atom stereocenters. The standard InChI is InChI=1S/2C4H10N2O.2C4H9NO.2C3H7NO2.2C3H7NOS.C3H9N.2C3H6O2.C2H6O.C2H6S.13CH4/c2*1-5-4(7)6(2)3;2*1-4(6)5(2)3;4*1-4-3(5)6-2;1-4(2)3;2*1-3(4)5-2;2*1-3-2;;;;;;;;;;;;;/h2*1-3H3,(H,5,7);2*1-3H3;4*1-2H3,(H,4,5);1-3H3;2*1-2H3;2*1-2H3;13*1H4. The molecule has 0 atom stereocenters. The van der Waals surface area contributed by atoms with Gasteiger partial charge < -0.3 is 80.1 Å². The lowest BCUT2D eigenvalue weighted by Crippen LogP contribution is -2.31. The number of urea groups is 2. The van der Waals surface area contributed by atoms with Crippen LogP contribution in [0, 0.1) is 0 Å². The average Bonchev–Trinajstić information content (AvgIpc) is 3.31. The summed E-state index contributed by atoms with van der Waals surface area (Å²) in [6.07, 6.45) is 6.74. The zero-order chi connectivity index (χ0) is 59.6. The van der Waals surface area contributed by atoms with E-state index in [0.717, 1.165) is 0 Å². The van der Waals surface area contributed by atoms with Crippen LogP contribution in [-0.4, -0.2) is 270 Å². The van der Waals surface area contributed by atoms with E-state index in [2.05, 4.69) is 55.6 Å². The predicted molar refractivity (Wildman–Crippen MR) is 379 cm³/mol. The number of ether oxygens (including phenoxy) is 5. The quantitative estimate of drug-likeness (QED) is 0.0970. The van der Waals surface area contributed by atoms with Crippen LogP contribution in [-0.2, 0) is 42.9 Å². The number of esters is 2. The molecule has 0 aliphatic rings. The third-order valence-corrected chi connectivity index (χ3v) is 5.78. The molecule has 29 heteroatoms. The summed E-state index contributed by atoms with van der Waals surface area (Å²) in [5.41, 5.74) is 0. The highest BCUT2D eigenvalue weighted by atomic mass is 32.2. The molecule has 0 rings (SSSR count). The van der Waals surface area contributed by atoms with E-state index in [0.29, 0.717) is 0 Å². The molecular weight excluding hydrogens is 1140 g/mol. The van der Waals surface area contributed by atoms with Gasteiger partial charge in [-0.15, -0.1) is 0 Å². The number of nitrogens with zero attached hydrogens (tertiary/aromatic N) is 5. The second-order valence-corrected chi connectivity index (χ2v) is 14.6. The van der Waals surface area contributed by atoms with Gasteiger partial charge in [0.25, 0.3) is 10.5 Å². The summed E-state index contributed by atoms with van der Waals surface area (Å²) in [6, 6.07) is -0.139. The summed E-state index contributed by atoms with van der Waals surface area (Å²) >= 11 is 4.10. The summed E-state index contributed by atoms with van der Waals surface area (Å²) in [4.78, 5) is 108. The lowest BCUT2D eigenvalue weighted by molar-refractivity contribution is -0.138. The van der Waals surface area contributed by atoms with Gasteiger partial charge >= 0.3 is 36.2 Å². The molecule has 0 aliphatic carbocycles. The molecule has 26 nitrogen and oxygen atoms in total. The number of carbonyl (C=O) groups excluding carboxylic acids is 10. The van der Waals surface area contributed by atoms with E-state index < -0.39 is 12.2 Å². The highest BCUT2D eigenvalue weighted by molar-refractivity contribution is 8.13. The van der Waals surface area contributed by atoms with Crippen LogP contribution < -0.4 is 31.9 Å². The van der Waals surface area contributed by atoms with Crippen LogP contribution in [0.15, 0.2) is 0 Å². The largest absolute Gasteiger partial charge is 0.469 e. The normalized spacial score (nSPS) is 6.27. The molecule has 0 aromatic heterocycles. The molecule has 0 spiro atoms. The second kappa shape index (κ2) is 152. The highest BCUT2D eigenvalue weighted by Gasteiger charge is 1.95. The smallest absolute Gasteiger partial charge is 0.406 e. The Balaban J connectivity index is -0.0000000175. The van der Waals surface area contributed by atoms with Gasteiger partial charge in [0.05, 0.1) is 28.4 Å². The van der Waals surface area contributed by atoms with Gasteiger partial charge in [0, 0.05) is 141 Å². The first-order chi connectivity index (χ1) is 32.0. The van der Waals surface area contributed by atoms with Crippen LogP contribution in [0.1, 0.15) is 124 Å². The molecule has 530 valence electrons. The van der Waals surface area contributed by atoms with Crippen LogP contribution >= 0.6 is 35.3 Å². The highest BCUT2D eigenvalue weighted by Crippen LogP contribution is 1.89. The van der Waals surface area contributed by atoms with Gasteiger partial charge in [-0.25, -0.2) is 19.2 Å². The maximum absolute atomic E-state index is 10.3. The maximum atomic E-state index is 10.3. The average molecular weight is 1290 g/mol. The summed E-state index contributed by atoms with van der Waals surface area (Å²) in [5.74, 6) is -0.306. The van der Waals surface area contributed by atoms with E-state index >= 15 is 0 Å². The molecule has 10 amide bonds. The first kappa shape index (κ1) is 171. The Labute approximate surface area is 531 Å². The van der Waals surface area contributed by atoms with E-state index in [-0.39, 0.29) is 143 Å².